The van der Waals surface area contributed by atoms with Crippen molar-refractivity contribution in [1.29, 1.82) is 0 Å². The average Bonchev–Trinajstić information content (AvgIpc) is 2.78. The minimum Gasteiger partial charge on any atom is -0.367 e. The van der Waals surface area contributed by atoms with E-state index in [2.05, 4.69) is 21.0 Å². The molecule has 0 aromatic carbocycles. The lowest BCUT2D eigenvalue weighted by Gasteiger charge is -2.27. The second-order valence-electron chi connectivity index (χ2n) is 4.13. The Morgan fingerprint density at radius 3 is 3.24 bits per heavy atom. The number of rotatable bonds is 3. The minimum atomic E-state index is -0.400. The Hall–Kier alpha value is -1.42. The maximum Gasteiger partial charge on any atom is 0.244 e. The third-order valence-electron chi connectivity index (χ3n) is 2.67. The summed E-state index contributed by atoms with van der Waals surface area (Å²) in [6, 6.07) is -0.400. The third-order valence-corrected chi connectivity index (χ3v) is 2.67. The van der Waals surface area contributed by atoms with Gasteiger partial charge in [0, 0.05) is 19.5 Å². The Morgan fingerprint density at radius 1 is 1.71 bits per heavy atom. The van der Waals surface area contributed by atoms with Gasteiger partial charge in [0.05, 0.1) is 12.6 Å². The van der Waals surface area contributed by atoms with Crippen LogP contribution in [0, 0.1) is 12.3 Å². The second-order valence-corrected chi connectivity index (χ2v) is 4.13. The lowest BCUT2D eigenvalue weighted by molar-refractivity contribution is -0.0264. The highest BCUT2D eigenvalue weighted by Gasteiger charge is 2.25. The van der Waals surface area contributed by atoms with Crippen LogP contribution in [0.2, 0.25) is 0 Å². The highest BCUT2D eigenvalue weighted by molar-refractivity contribution is 5.00. The van der Waals surface area contributed by atoms with Gasteiger partial charge in [0.1, 0.15) is 6.10 Å². The van der Waals surface area contributed by atoms with Crippen LogP contribution in [-0.2, 0) is 4.74 Å². The molecule has 2 unspecified atom stereocenters. The molecule has 1 fully saturated rings. The van der Waals surface area contributed by atoms with Crippen molar-refractivity contribution in [2.75, 3.05) is 26.7 Å². The number of aromatic nitrogens is 2. The number of terminal acetylenes is 1. The molecule has 0 saturated carbocycles. The van der Waals surface area contributed by atoms with Crippen LogP contribution in [0.5, 0.6) is 0 Å². The maximum absolute atomic E-state index is 5.79. The van der Waals surface area contributed by atoms with Crippen molar-refractivity contribution in [3.63, 3.8) is 0 Å². The van der Waals surface area contributed by atoms with E-state index >= 15 is 0 Å². The molecule has 1 aromatic rings. The van der Waals surface area contributed by atoms with Gasteiger partial charge in [-0.3, -0.25) is 0 Å². The maximum atomic E-state index is 5.79. The summed E-state index contributed by atoms with van der Waals surface area (Å²) in [6.07, 6.45) is 5.42. The van der Waals surface area contributed by atoms with E-state index in [-0.39, 0.29) is 6.10 Å². The summed E-state index contributed by atoms with van der Waals surface area (Å²) in [5.74, 6) is 3.38. The van der Waals surface area contributed by atoms with Crippen LogP contribution < -0.4 is 5.73 Å². The van der Waals surface area contributed by atoms with E-state index in [1.165, 1.54) is 0 Å². The Labute approximate surface area is 100 Å². The lowest BCUT2D eigenvalue weighted by atomic mass is 10.2. The number of nitrogens with zero attached hydrogens (tertiary/aromatic N) is 3. The SMILES string of the molecule is C#CCC(N)c1nc(C2CN(C)CCO2)no1. The van der Waals surface area contributed by atoms with Crippen LogP contribution in [0.15, 0.2) is 4.52 Å². The van der Waals surface area contributed by atoms with Crippen molar-refractivity contribution >= 4 is 0 Å². The minimum absolute atomic E-state index is 0.149. The molecule has 0 radical (unpaired) electrons. The Kier molecular flexibility index (Phi) is 3.74. The van der Waals surface area contributed by atoms with Gasteiger partial charge in [0.25, 0.3) is 0 Å². The highest BCUT2D eigenvalue weighted by atomic mass is 16.5. The predicted molar refractivity (Wildman–Crippen MR) is 60.9 cm³/mol. The van der Waals surface area contributed by atoms with Crippen molar-refractivity contribution < 1.29 is 9.26 Å². The number of nitrogens with two attached hydrogens (primary N) is 1. The van der Waals surface area contributed by atoms with Crippen molar-refractivity contribution in [3.05, 3.63) is 11.7 Å². The molecule has 2 heterocycles. The van der Waals surface area contributed by atoms with E-state index < -0.39 is 6.04 Å². The molecule has 0 aliphatic carbocycles. The summed E-state index contributed by atoms with van der Waals surface area (Å²) in [5, 5.41) is 3.89. The molecule has 1 aromatic heterocycles. The first-order chi connectivity index (χ1) is 8.20. The fourth-order valence-electron chi connectivity index (χ4n) is 1.68. The summed E-state index contributed by atoms with van der Waals surface area (Å²) < 4.78 is 10.7. The Morgan fingerprint density at radius 2 is 2.53 bits per heavy atom. The van der Waals surface area contributed by atoms with Crippen LogP contribution in [-0.4, -0.2) is 41.8 Å². The second kappa shape index (κ2) is 5.27. The molecule has 0 amide bonds. The van der Waals surface area contributed by atoms with Gasteiger partial charge in [-0.15, -0.1) is 12.3 Å². The summed E-state index contributed by atoms with van der Waals surface area (Å²) in [7, 11) is 2.03. The van der Waals surface area contributed by atoms with Gasteiger partial charge in [-0.2, -0.15) is 4.98 Å². The molecule has 92 valence electrons. The molecular formula is C11H16N4O2. The van der Waals surface area contributed by atoms with Crippen molar-refractivity contribution in [1.82, 2.24) is 15.0 Å². The molecule has 2 rings (SSSR count). The van der Waals surface area contributed by atoms with Gasteiger partial charge in [-0.25, -0.2) is 0 Å². The fraction of sp³-hybridized carbons (Fsp3) is 0.636. The average molecular weight is 236 g/mol. The zero-order valence-electron chi connectivity index (χ0n) is 9.80. The molecular weight excluding hydrogens is 220 g/mol. The summed E-state index contributed by atoms with van der Waals surface area (Å²) in [6.45, 7) is 2.34. The van der Waals surface area contributed by atoms with Crippen LogP contribution in [0.4, 0.5) is 0 Å². The molecule has 1 saturated heterocycles. The van der Waals surface area contributed by atoms with Gasteiger partial charge in [-0.1, -0.05) is 5.16 Å². The molecule has 1 aliphatic rings. The number of morpholine rings is 1. The summed E-state index contributed by atoms with van der Waals surface area (Å²) >= 11 is 0. The van der Waals surface area contributed by atoms with Crippen LogP contribution in [0.25, 0.3) is 0 Å². The Balaban J connectivity index is 2.05. The van der Waals surface area contributed by atoms with E-state index in [4.69, 9.17) is 21.4 Å². The predicted octanol–water partition coefficient (Wildman–Crippen LogP) is 0.0958. The smallest absolute Gasteiger partial charge is 0.244 e. The molecule has 0 spiro atoms. The molecule has 17 heavy (non-hydrogen) atoms. The summed E-state index contributed by atoms with van der Waals surface area (Å²) in [5.41, 5.74) is 5.79. The molecule has 2 N–H and O–H groups in total. The lowest BCUT2D eigenvalue weighted by Crippen LogP contribution is -2.35. The van der Waals surface area contributed by atoms with E-state index in [9.17, 15) is 0 Å². The van der Waals surface area contributed by atoms with Gasteiger partial charge in [-0.05, 0) is 7.05 Å². The number of ether oxygens (including phenoxy) is 1. The van der Waals surface area contributed by atoms with Gasteiger partial charge in [0.15, 0.2) is 0 Å². The topological polar surface area (TPSA) is 77.4 Å². The molecule has 2 atom stereocenters. The van der Waals surface area contributed by atoms with Gasteiger partial charge < -0.3 is 19.9 Å². The molecule has 6 nitrogen and oxygen atoms in total. The molecule has 0 bridgehead atoms. The monoisotopic (exact) mass is 236 g/mol. The van der Waals surface area contributed by atoms with Crippen LogP contribution in [0.1, 0.15) is 30.3 Å². The van der Waals surface area contributed by atoms with E-state index in [1.54, 1.807) is 0 Å². The van der Waals surface area contributed by atoms with E-state index in [1.807, 2.05) is 7.05 Å². The van der Waals surface area contributed by atoms with Gasteiger partial charge in [0.2, 0.25) is 11.7 Å². The number of hydrogen-bond acceptors (Lipinski definition) is 6. The van der Waals surface area contributed by atoms with E-state index in [0.29, 0.717) is 24.7 Å². The molecule has 6 heteroatoms. The van der Waals surface area contributed by atoms with Crippen molar-refractivity contribution in [2.45, 2.75) is 18.6 Å². The largest absolute Gasteiger partial charge is 0.367 e. The van der Waals surface area contributed by atoms with Crippen molar-refractivity contribution in [2.24, 2.45) is 5.73 Å². The summed E-state index contributed by atoms with van der Waals surface area (Å²) in [4.78, 5) is 6.40. The quantitative estimate of drug-likeness (QED) is 0.750. The zero-order valence-corrected chi connectivity index (χ0v) is 9.80. The first kappa shape index (κ1) is 12.0. The third kappa shape index (κ3) is 2.82. The highest BCUT2D eigenvalue weighted by Crippen LogP contribution is 2.20. The normalized spacial score (nSPS) is 23.2. The van der Waals surface area contributed by atoms with Crippen molar-refractivity contribution in [3.8, 4) is 12.3 Å². The number of likely N-dealkylation sites (N-methyl/N-ethyl adjacent to an activating group) is 1. The van der Waals surface area contributed by atoms with Crippen LogP contribution in [0.3, 0.4) is 0 Å². The first-order valence-electron chi connectivity index (χ1n) is 5.53. The number of hydrogen-bond donors (Lipinski definition) is 1. The zero-order chi connectivity index (χ0) is 12.3. The van der Waals surface area contributed by atoms with Gasteiger partial charge >= 0.3 is 0 Å². The molecule has 1 aliphatic heterocycles. The van der Waals surface area contributed by atoms with Crippen LogP contribution >= 0.6 is 0 Å². The standard InChI is InChI=1S/C11H16N4O2/c1-3-4-8(12)11-13-10(14-17-11)9-7-15(2)5-6-16-9/h1,8-9H,4-7,12H2,2H3. The fourth-order valence-corrected chi connectivity index (χ4v) is 1.68. The first-order valence-corrected chi connectivity index (χ1v) is 5.53. The van der Waals surface area contributed by atoms with E-state index in [0.717, 1.165) is 13.1 Å². The Bertz CT molecular complexity index is 412.